The first-order valence-electron chi connectivity index (χ1n) is 5.58. The largest absolute Gasteiger partial charge is 0.391 e. The molecule has 17 heavy (non-hydrogen) atoms. The van der Waals surface area contributed by atoms with Crippen molar-refractivity contribution in [2.75, 3.05) is 0 Å². The summed E-state index contributed by atoms with van der Waals surface area (Å²) in [7, 11) is 0. The molecular weight excluding hydrogens is 254 g/mol. The van der Waals surface area contributed by atoms with E-state index < -0.39 is 5.54 Å². The quantitative estimate of drug-likeness (QED) is 0.821. The first kappa shape index (κ1) is 12.4. The lowest BCUT2D eigenvalue weighted by Gasteiger charge is -2.28. The van der Waals surface area contributed by atoms with Gasteiger partial charge in [-0.25, -0.2) is 4.98 Å². The molecule has 0 unspecified atom stereocenters. The average molecular weight is 269 g/mol. The van der Waals surface area contributed by atoms with Crippen molar-refractivity contribution in [1.29, 1.82) is 0 Å². The van der Waals surface area contributed by atoms with Gasteiger partial charge in [-0.1, -0.05) is 25.1 Å². The Hall–Kier alpha value is -1.01. The molecule has 3 N–H and O–H groups in total. The van der Waals surface area contributed by atoms with E-state index in [1.54, 1.807) is 5.51 Å². The molecule has 2 rings (SSSR count). The molecule has 1 fully saturated rings. The van der Waals surface area contributed by atoms with Crippen molar-refractivity contribution < 1.29 is 4.79 Å². The van der Waals surface area contributed by atoms with Crippen molar-refractivity contribution in [3.05, 3.63) is 16.1 Å². The number of rotatable bonds is 3. The number of nitrogens with zero attached hydrogens (tertiary/aromatic N) is 1. The van der Waals surface area contributed by atoms with Gasteiger partial charge in [-0.2, -0.15) is 0 Å². The van der Waals surface area contributed by atoms with Crippen LogP contribution < -0.4 is 11.1 Å². The van der Waals surface area contributed by atoms with Crippen molar-refractivity contribution in [2.24, 2.45) is 5.73 Å². The summed E-state index contributed by atoms with van der Waals surface area (Å²) < 4.78 is 0. The van der Waals surface area contributed by atoms with Crippen LogP contribution in [0.3, 0.4) is 0 Å². The highest BCUT2D eigenvalue weighted by atomic mass is 32.1. The fourth-order valence-corrected chi connectivity index (χ4v) is 3.16. The molecular formula is C11H15N3OS2. The van der Waals surface area contributed by atoms with Gasteiger partial charge in [0.25, 0.3) is 5.91 Å². The molecule has 0 spiro atoms. The summed E-state index contributed by atoms with van der Waals surface area (Å²) in [4.78, 5) is 17.2. The van der Waals surface area contributed by atoms with Crippen molar-refractivity contribution in [1.82, 2.24) is 10.3 Å². The number of thiocarbonyl (C=S) groups is 1. The van der Waals surface area contributed by atoms with Crippen LogP contribution in [0.2, 0.25) is 0 Å². The van der Waals surface area contributed by atoms with Gasteiger partial charge in [0, 0.05) is 0 Å². The fourth-order valence-electron chi connectivity index (χ4n) is 2.21. The van der Waals surface area contributed by atoms with Gasteiger partial charge in [0.15, 0.2) is 0 Å². The molecule has 1 aliphatic carbocycles. The summed E-state index contributed by atoms with van der Waals surface area (Å²) in [6.45, 7) is 1.83. The van der Waals surface area contributed by atoms with E-state index in [1.165, 1.54) is 11.3 Å². The lowest BCUT2D eigenvalue weighted by Crippen LogP contribution is -2.54. The Bertz CT molecular complexity index is 449. The second-order valence-electron chi connectivity index (χ2n) is 4.37. The molecule has 1 amide bonds. The minimum Gasteiger partial charge on any atom is -0.391 e. The molecule has 1 aromatic rings. The number of aryl methyl sites for hydroxylation is 1. The van der Waals surface area contributed by atoms with E-state index >= 15 is 0 Å². The maximum atomic E-state index is 12.1. The fraction of sp³-hybridized carbons (Fsp3) is 0.545. The van der Waals surface area contributed by atoms with Crippen LogP contribution in [-0.4, -0.2) is 21.4 Å². The number of nitrogens with one attached hydrogen (secondary N) is 1. The third-order valence-electron chi connectivity index (χ3n) is 3.23. The molecule has 1 aliphatic rings. The zero-order valence-corrected chi connectivity index (χ0v) is 11.3. The van der Waals surface area contributed by atoms with Crippen LogP contribution in [0.4, 0.5) is 0 Å². The predicted molar refractivity (Wildman–Crippen MR) is 72.3 cm³/mol. The summed E-state index contributed by atoms with van der Waals surface area (Å²) in [5.74, 6) is -0.111. The molecule has 4 nitrogen and oxygen atoms in total. The van der Waals surface area contributed by atoms with Crippen LogP contribution in [0.1, 0.15) is 41.0 Å². The Morgan fingerprint density at radius 1 is 1.59 bits per heavy atom. The molecule has 0 radical (unpaired) electrons. The molecule has 0 aromatic carbocycles. The number of thiazole rings is 1. The molecule has 0 saturated heterocycles. The monoisotopic (exact) mass is 269 g/mol. The third-order valence-corrected chi connectivity index (χ3v) is 4.55. The summed E-state index contributed by atoms with van der Waals surface area (Å²) >= 11 is 6.44. The van der Waals surface area contributed by atoms with Gasteiger partial charge in [0.2, 0.25) is 0 Å². The second kappa shape index (κ2) is 4.70. The summed E-state index contributed by atoms with van der Waals surface area (Å²) in [6, 6.07) is 0. The van der Waals surface area contributed by atoms with E-state index in [0.717, 1.165) is 31.4 Å². The highest BCUT2D eigenvalue weighted by Gasteiger charge is 2.38. The molecule has 0 bridgehead atoms. The molecule has 0 atom stereocenters. The van der Waals surface area contributed by atoms with E-state index in [9.17, 15) is 4.79 Å². The van der Waals surface area contributed by atoms with Crippen molar-refractivity contribution in [2.45, 2.75) is 38.1 Å². The van der Waals surface area contributed by atoms with E-state index in [4.69, 9.17) is 18.0 Å². The number of carbonyl (C=O) groups is 1. The smallest absolute Gasteiger partial charge is 0.264 e. The first-order chi connectivity index (χ1) is 8.05. The van der Waals surface area contributed by atoms with Gasteiger partial charge < -0.3 is 11.1 Å². The second-order valence-corrected chi connectivity index (χ2v) is 5.67. The number of hydrogen-bond acceptors (Lipinski definition) is 4. The zero-order chi connectivity index (χ0) is 12.5. The highest BCUT2D eigenvalue weighted by Crippen LogP contribution is 2.30. The highest BCUT2D eigenvalue weighted by molar-refractivity contribution is 7.80. The van der Waals surface area contributed by atoms with Crippen molar-refractivity contribution in [3.63, 3.8) is 0 Å². The SMILES string of the molecule is Cc1ncsc1C(=O)NC1(C(N)=S)CCCC1. The van der Waals surface area contributed by atoms with Crippen molar-refractivity contribution in [3.8, 4) is 0 Å². The Balaban J connectivity index is 2.17. The topological polar surface area (TPSA) is 68.0 Å². The predicted octanol–water partition coefficient (Wildman–Crippen LogP) is 1.78. The number of aromatic nitrogens is 1. The standard InChI is InChI=1S/C11H15N3OS2/c1-7-8(17-6-13-7)9(15)14-11(10(12)16)4-2-3-5-11/h6H,2-5H2,1H3,(H2,12,16)(H,14,15). The molecule has 0 aliphatic heterocycles. The Morgan fingerprint density at radius 2 is 2.24 bits per heavy atom. The summed E-state index contributed by atoms with van der Waals surface area (Å²) in [5, 5.41) is 3.00. The Labute approximate surface area is 110 Å². The maximum absolute atomic E-state index is 12.1. The van der Waals surface area contributed by atoms with Crippen LogP contribution in [0.5, 0.6) is 0 Å². The van der Waals surface area contributed by atoms with Gasteiger partial charge in [0.1, 0.15) is 4.88 Å². The van der Waals surface area contributed by atoms with Gasteiger partial charge in [-0.3, -0.25) is 4.79 Å². The lowest BCUT2D eigenvalue weighted by atomic mass is 9.97. The van der Waals surface area contributed by atoms with Crippen LogP contribution in [0, 0.1) is 6.92 Å². The number of hydrogen-bond donors (Lipinski definition) is 2. The Kier molecular flexibility index (Phi) is 3.44. The van der Waals surface area contributed by atoms with Crippen LogP contribution in [-0.2, 0) is 0 Å². The van der Waals surface area contributed by atoms with Gasteiger partial charge in [-0.05, 0) is 19.8 Å². The van der Waals surface area contributed by atoms with Crippen LogP contribution in [0.25, 0.3) is 0 Å². The molecule has 6 heteroatoms. The molecule has 1 heterocycles. The average Bonchev–Trinajstić information content (AvgIpc) is 2.87. The summed E-state index contributed by atoms with van der Waals surface area (Å²) in [5.41, 5.74) is 7.72. The molecule has 1 aromatic heterocycles. The minimum absolute atomic E-state index is 0.111. The van der Waals surface area contributed by atoms with E-state index in [0.29, 0.717) is 9.87 Å². The minimum atomic E-state index is -0.483. The number of carbonyl (C=O) groups excluding carboxylic acids is 1. The van der Waals surface area contributed by atoms with Gasteiger partial charge in [-0.15, -0.1) is 11.3 Å². The van der Waals surface area contributed by atoms with Crippen LogP contribution >= 0.6 is 23.6 Å². The first-order valence-corrected chi connectivity index (χ1v) is 6.86. The van der Waals surface area contributed by atoms with Crippen molar-refractivity contribution >= 4 is 34.5 Å². The molecule has 92 valence electrons. The summed E-state index contributed by atoms with van der Waals surface area (Å²) in [6.07, 6.45) is 3.79. The number of amides is 1. The number of nitrogens with two attached hydrogens (primary N) is 1. The normalized spacial score (nSPS) is 17.9. The van der Waals surface area contributed by atoms with E-state index in [-0.39, 0.29) is 5.91 Å². The van der Waals surface area contributed by atoms with E-state index in [2.05, 4.69) is 10.3 Å². The lowest BCUT2D eigenvalue weighted by molar-refractivity contribution is 0.0928. The zero-order valence-electron chi connectivity index (χ0n) is 9.66. The van der Waals surface area contributed by atoms with Crippen LogP contribution in [0.15, 0.2) is 5.51 Å². The Morgan fingerprint density at radius 3 is 2.71 bits per heavy atom. The molecule has 1 saturated carbocycles. The maximum Gasteiger partial charge on any atom is 0.264 e. The van der Waals surface area contributed by atoms with Gasteiger partial charge in [0.05, 0.1) is 21.7 Å². The van der Waals surface area contributed by atoms with Gasteiger partial charge >= 0.3 is 0 Å². The third kappa shape index (κ3) is 2.32. The van der Waals surface area contributed by atoms with E-state index in [1.807, 2.05) is 6.92 Å².